The monoisotopic (exact) mass is 352 g/mol. The van der Waals surface area contributed by atoms with E-state index in [4.69, 9.17) is 0 Å². The molecule has 1 aromatic heterocycles. The summed E-state index contributed by atoms with van der Waals surface area (Å²) in [7, 11) is 2.16. The van der Waals surface area contributed by atoms with Crippen molar-refractivity contribution in [2.24, 2.45) is 0 Å². The highest BCUT2D eigenvalue weighted by molar-refractivity contribution is 9.11. The van der Waals surface area contributed by atoms with E-state index in [0.29, 0.717) is 0 Å². The summed E-state index contributed by atoms with van der Waals surface area (Å²) in [6.45, 7) is 6.07. The molecule has 4 heteroatoms. The van der Waals surface area contributed by atoms with Gasteiger partial charge in [0.1, 0.15) is 0 Å². The molecule has 108 valence electrons. The van der Waals surface area contributed by atoms with Crippen molar-refractivity contribution in [1.82, 2.24) is 10.2 Å². The van der Waals surface area contributed by atoms with Gasteiger partial charge in [-0.15, -0.1) is 11.3 Å². The van der Waals surface area contributed by atoms with Crippen molar-refractivity contribution in [3.8, 4) is 0 Å². The number of halogens is 1. The Morgan fingerprint density at radius 1 is 1.10 bits per heavy atom. The van der Waals surface area contributed by atoms with E-state index in [0.717, 1.165) is 26.2 Å². The quantitative estimate of drug-likeness (QED) is 0.801. The molecule has 0 saturated carbocycles. The normalized spacial score (nSPS) is 11.2. The van der Waals surface area contributed by atoms with Gasteiger partial charge in [0.05, 0.1) is 3.79 Å². The predicted molar refractivity (Wildman–Crippen MR) is 91.0 cm³/mol. The molecule has 2 aromatic rings. The van der Waals surface area contributed by atoms with E-state index in [2.05, 4.69) is 75.8 Å². The fraction of sp³-hybridized carbons (Fsp3) is 0.375. The van der Waals surface area contributed by atoms with Crippen LogP contribution in [0.2, 0.25) is 0 Å². The molecule has 0 aliphatic heterocycles. The lowest BCUT2D eigenvalue weighted by molar-refractivity contribution is 0.319. The van der Waals surface area contributed by atoms with Gasteiger partial charge in [0.2, 0.25) is 0 Å². The van der Waals surface area contributed by atoms with E-state index in [9.17, 15) is 0 Å². The van der Waals surface area contributed by atoms with Crippen LogP contribution in [0.4, 0.5) is 0 Å². The molecule has 0 saturated heterocycles. The third kappa shape index (κ3) is 5.02. The Hall–Kier alpha value is -0.680. The maximum Gasteiger partial charge on any atom is 0.0701 e. The van der Waals surface area contributed by atoms with Gasteiger partial charge in [0.15, 0.2) is 0 Å². The molecule has 1 aromatic carbocycles. The topological polar surface area (TPSA) is 15.3 Å². The summed E-state index contributed by atoms with van der Waals surface area (Å²) in [4.78, 5) is 2.34. The van der Waals surface area contributed by atoms with E-state index < -0.39 is 0 Å². The molecule has 1 heterocycles. The molecule has 2 nitrogen and oxygen atoms in total. The van der Waals surface area contributed by atoms with E-state index in [1.54, 1.807) is 11.3 Å². The lowest BCUT2D eigenvalue weighted by atomic mass is 10.1. The molecule has 1 N–H and O–H groups in total. The van der Waals surface area contributed by atoms with Crippen LogP contribution in [0, 0.1) is 0 Å². The Labute approximate surface area is 133 Å². The van der Waals surface area contributed by atoms with Crippen molar-refractivity contribution in [2.75, 3.05) is 13.6 Å². The van der Waals surface area contributed by atoms with Gasteiger partial charge < -0.3 is 5.32 Å². The Bertz CT molecular complexity index is 522. The summed E-state index contributed by atoms with van der Waals surface area (Å²) in [5, 5.41) is 5.55. The minimum absolute atomic E-state index is 0.954. The van der Waals surface area contributed by atoms with Crippen molar-refractivity contribution in [3.05, 3.63) is 56.2 Å². The summed E-state index contributed by atoms with van der Waals surface area (Å²) in [5.74, 6) is 0. The summed E-state index contributed by atoms with van der Waals surface area (Å²) in [6, 6.07) is 11.1. The fourth-order valence-corrected chi connectivity index (χ4v) is 3.34. The number of hydrogen-bond donors (Lipinski definition) is 1. The van der Waals surface area contributed by atoms with E-state index in [-0.39, 0.29) is 0 Å². The first-order chi connectivity index (χ1) is 9.67. The summed E-state index contributed by atoms with van der Waals surface area (Å²) in [5.41, 5.74) is 4.08. The van der Waals surface area contributed by atoms with Crippen molar-refractivity contribution in [1.29, 1.82) is 0 Å². The first-order valence-electron chi connectivity index (χ1n) is 6.87. The van der Waals surface area contributed by atoms with Crippen LogP contribution in [-0.2, 0) is 19.6 Å². The third-order valence-corrected chi connectivity index (χ3v) is 4.68. The molecule has 0 aliphatic rings. The Balaban J connectivity index is 1.85. The van der Waals surface area contributed by atoms with Gasteiger partial charge in [0.25, 0.3) is 0 Å². The fourth-order valence-electron chi connectivity index (χ4n) is 2.14. The molecule has 0 atom stereocenters. The van der Waals surface area contributed by atoms with Crippen LogP contribution in [0.1, 0.15) is 23.6 Å². The lowest BCUT2D eigenvalue weighted by Gasteiger charge is -2.16. The van der Waals surface area contributed by atoms with Crippen LogP contribution < -0.4 is 5.32 Å². The zero-order valence-corrected chi connectivity index (χ0v) is 14.4. The molecule has 2 rings (SSSR count). The van der Waals surface area contributed by atoms with Gasteiger partial charge in [-0.2, -0.15) is 0 Å². The van der Waals surface area contributed by atoms with Crippen molar-refractivity contribution in [3.63, 3.8) is 0 Å². The molecule has 0 aliphatic carbocycles. The molecule has 20 heavy (non-hydrogen) atoms. The molecule has 0 spiro atoms. The Morgan fingerprint density at radius 2 is 1.75 bits per heavy atom. The zero-order chi connectivity index (χ0) is 14.4. The Kier molecular flexibility index (Phi) is 6.23. The highest BCUT2D eigenvalue weighted by atomic mass is 79.9. The number of thiophene rings is 1. The number of nitrogens with zero attached hydrogens (tertiary/aromatic N) is 1. The van der Waals surface area contributed by atoms with Crippen LogP contribution in [0.25, 0.3) is 0 Å². The number of rotatable bonds is 7. The van der Waals surface area contributed by atoms with Crippen LogP contribution in [0.5, 0.6) is 0 Å². The molecule has 0 bridgehead atoms. The summed E-state index contributed by atoms with van der Waals surface area (Å²) >= 11 is 5.26. The van der Waals surface area contributed by atoms with Crippen molar-refractivity contribution in [2.45, 2.75) is 26.6 Å². The van der Waals surface area contributed by atoms with Gasteiger partial charge >= 0.3 is 0 Å². The average molecular weight is 353 g/mol. The second kappa shape index (κ2) is 7.93. The highest BCUT2D eigenvalue weighted by Gasteiger charge is 2.04. The summed E-state index contributed by atoms with van der Waals surface area (Å²) < 4.78 is 1.20. The number of nitrogens with one attached hydrogen (secondary N) is 1. The maximum atomic E-state index is 3.51. The van der Waals surface area contributed by atoms with Gasteiger partial charge in [-0.25, -0.2) is 0 Å². The van der Waals surface area contributed by atoms with Gasteiger partial charge in [-0.1, -0.05) is 31.2 Å². The average Bonchev–Trinajstić information content (AvgIpc) is 2.83. The molecular formula is C16H21BrN2S. The zero-order valence-electron chi connectivity index (χ0n) is 12.0. The minimum atomic E-state index is 0.954. The second-order valence-electron chi connectivity index (χ2n) is 5.03. The van der Waals surface area contributed by atoms with Crippen LogP contribution in [0.3, 0.4) is 0 Å². The van der Waals surface area contributed by atoms with E-state index in [1.807, 2.05) is 0 Å². The van der Waals surface area contributed by atoms with E-state index >= 15 is 0 Å². The third-order valence-electron chi connectivity index (χ3n) is 3.13. The maximum absolute atomic E-state index is 3.51. The van der Waals surface area contributed by atoms with Crippen LogP contribution >= 0.6 is 27.3 Å². The first-order valence-corrected chi connectivity index (χ1v) is 8.54. The van der Waals surface area contributed by atoms with E-state index in [1.165, 1.54) is 20.5 Å². The summed E-state index contributed by atoms with van der Waals surface area (Å²) in [6.07, 6.45) is 0. The molecular weight excluding hydrogens is 332 g/mol. The van der Waals surface area contributed by atoms with Crippen LogP contribution in [-0.4, -0.2) is 18.5 Å². The molecule has 0 unspecified atom stereocenters. The highest BCUT2D eigenvalue weighted by Crippen LogP contribution is 2.21. The lowest BCUT2D eigenvalue weighted by Crippen LogP contribution is -2.17. The van der Waals surface area contributed by atoms with Gasteiger partial charge in [-0.3, -0.25) is 4.90 Å². The molecule has 0 radical (unpaired) electrons. The second-order valence-corrected chi connectivity index (χ2v) is 7.32. The smallest absolute Gasteiger partial charge is 0.0701 e. The Morgan fingerprint density at radius 3 is 2.35 bits per heavy atom. The molecule has 0 amide bonds. The van der Waals surface area contributed by atoms with Crippen LogP contribution in [0.15, 0.2) is 39.5 Å². The molecule has 0 fully saturated rings. The minimum Gasteiger partial charge on any atom is -0.313 e. The van der Waals surface area contributed by atoms with Crippen molar-refractivity contribution >= 4 is 27.3 Å². The number of benzene rings is 1. The SMILES string of the molecule is CCNCc1ccc(CN(C)Cc2csc(Br)c2)cc1. The largest absolute Gasteiger partial charge is 0.313 e. The first kappa shape index (κ1) is 15.7. The standard InChI is InChI=1S/C16H21BrN2S/c1-3-18-9-13-4-6-14(7-5-13)10-19(2)11-15-8-16(17)20-12-15/h4-8,12,18H,3,9-11H2,1-2H3. The van der Waals surface area contributed by atoms with Crippen molar-refractivity contribution < 1.29 is 0 Å². The van der Waals surface area contributed by atoms with Gasteiger partial charge in [-0.05, 0) is 57.7 Å². The predicted octanol–water partition coefficient (Wildman–Crippen LogP) is 4.25. The number of hydrogen-bond acceptors (Lipinski definition) is 3. The van der Waals surface area contributed by atoms with Gasteiger partial charge in [0, 0.05) is 19.6 Å².